The van der Waals surface area contributed by atoms with Gasteiger partial charge in [-0.1, -0.05) is 35.5 Å². The van der Waals surface area contributed by atoms with Crippen molar-refractivity contribution < 1.29 is 9.45 Å². The summed E-state index contributed by atoms with van der Waals surface area (Å²) in [6.45, 7) is 0. The van der Waals surface area contributed by atoms with Crippen LogP contribution in [0, 0.1) is 10.1 Å². The van der Waals surface area contributed by atoms with Crippen LogP contribution in [0.2, 0.25) is 0 Å². The first-order valence-corrected chi connectivity index (χ1v) is 3.93. The summed E-state index contributed by atoms with van der Waals surface area (Å²) < 4.78 is 4.57. The van der Waals surface area contributed by atoms with E-state index in [0.29, 0.717) is 5.56 Å². The molecule has 0 amide bonds. The van der Waals surface area contributed by atoms with E-state index in [1.165, 1.54) is 0 Å². The van der Waals surface area contributed by atoms with Crippen molar-refractivity contribution in [1.82, 2.24) is 5.16 Å². The van der Waals surface area contributed by atoms with Crippen molar-refractivity contribution in [2.75, 3.05) is 0 Å². The smallest absolute Gasteiger partial charge is 0.336 e. The minimum Gasteiger partial charge on any atom is -0.357 e. The molecule has 1 aromatic heterocycles. The van der Waals surface area contributed by atoms with Gasteiger partial charge in [-0.05, 0) is 0 Å². The molecule has 0 bridgehead atoms. The van der Waals surface area contributed by atoms with Crippen molar-refractivity contribution in [2.24, 2.45) is 0 Å². The van der Waals surface area contributed by atoms with Crippen molar-refractivity contribution in [2.45, 2.75) is 0 Å². The number of nitro groups is 1. The van der Waals surface area contributed by atoms with Crippen LogP contribution in [0.15, 0.2) is 41.1 Å². The molecule has 0 N–H and O–H groups in total. The topological polar surface area (TPSA) is 69.2 Å². The van der Waals surface area contributed by atoms with Gasteiger partial charge >= 0.3 is 5.69 Å². The normalized spacial score (nSPS) is 10.0. The van der Waals surface area contributed by atoms with Gasteiger partial charge in [-0.3, -0.25) is 10.1 Å². The van der Waals surface area contributed by atoms with Crippen LogP contribution in [0.1, 0.15) is 0 Å². The fraction of sp³-hybridized carbons (Fsp3) is 0. The van der Waals surface area contributed by atoms with Crippen LogP contribution in [-0.2, 0) is 0 Å². The number of hydrogen-bond donors (Lipinski definition) is 0. The van der Waals surface area contributed by atoms with Gasteiger partial charge in [0, 0.05) is 5.56 Å². The summed E-state index contributed by atoms with van der Waals surface area (Å²) in [6.07, 6.45) is 1.03. The molecule has 2 aromatic rings. The van der Waals surface area contributed by atoms with Crippen LogP contribution in [-0.4, -0.2) is 10.1 Å². The van der Waals surface area contributed by atoms with Gasteiger partial charge in [-0.15, -0.1) is 0 Å². The van der Waals surface area contributed by atoms with Gasteiger partial charge in [0.2, 0.25) is 6.26 Å². The fourth-order valence-corrected chi connectivity index (χ4v) is 1.16. The summed E-state index contributed by atoms with van der Waals surface area (Å²) >= 11 is 0. The third-order valence-electron chi connectivity index (χ3n) is 1.79. The lowest BCUT2D eigenvalue weighted by molar-refractivity contribution is -0.384. The van der Waals surface area contributed by atoms with Crippen molar-refractivity contribution in [1.29, 1.82) is 0 Å². The maximum atomic E-state index is 10.6. The molecule has 5 heteroatoms. The van der Waals surface area contributed by atoms with Crippen molar-refractivity contribution >= 4 is 5.69 Å². The summed E-state index contributed by atoms with van der Waals surface area (Å²) in [6, 6.07) is 8.88. The monoisotopic (exact) mass is 190 g/mol. The lowest BCUT2D eigenvalue weighted by Crippen LogP contribution is -1.88. The third-order valence-corrected chi connectivity index (χ3v) is 1.79. The Balaban J connectivity index is 2.52. The average Bonchev–Trinajstić information content (AvgIpc) is 2.67. The van der Waals surface area contributed by atoms with Gasteiger partial charge in [0.25, 0.3) is 0 Å². The zero-order valence-corrected chi connectivity index (χ0v) is 7.08. The maximum Gasteiger partial charge on any atom is 0.336 e. The molecule has 2 rings (SSSR count). The molecule has 70 valence electrons. The molecule has 5 nitrogen and oxygen atoms in total. The highest BCUT2D eigenvalue weighted by molar-refractivity contribution is 5.67. The Morgan fingerprint density at radius 2 is 2.00 bits per heavy atom. The molecule has 0 aliphatic rings. The first kappa shape index (κ1) is 8.43. The van der Waals surface area contributed by atoms with Crippen LogP contribution in [0.25, 0.3) is 11.3 Å². The predicted octanol–water partition coefficient (Wildman–Crippen LogP) is 2.25. The van der Waals surface area contributed by atoms with E-state index in [1.54, 1.807) is 24.3 Å². The Kier molecular flexibility index (Phi) is 1.98. The minimum atomic E-state index is -0.515. The van der Waals surface area contributed by atoms with E-state index in [0.717, 1.165) is 6.26 Å². The van der Waals surface area contributed by atoms with E-state index in [9.17, 15) is 10.1 Å². The Morgan fingerprint density at radius 1 is 1.29 bits per heavy atom. The molecule has 0 aliphatic carbocycles. The molecular formula is C9H6N2O3. The highest BCUT2D eigenvalue weighted by Gasteiger charge is 2.19. The minimum absolute atomic E-state index is 0.115. The fourth-order valence-electron chi connectivity index (χ4n) is 1.16. The molecule has 0 spiro atoms. The molecule has 0 radical (unpaired) electrons. The number of benzene rings is 1. The van der Waals surface area contributed by atoms with Gasteiger partial charge in [0.1, 0.15) is 0 Å². The number of rotatable bonds is 2. The van der Waals surface area contributed by atoms with Crippen LogP contribution >= 0.6 is 0 Å². The lowest BCUT2D eigenvalue weighted by Gasteiger charge is -1.93. The van der Waals surface area contributed by atoms with Gasteiger partial charge in [-0.25, -0.2) is 0 Å². The molecule has 0 atom stereocenters. The Bertz CT molecular complexity index is 450. The lowest BCUT2D eigenvalue weighted by atomic mass is 10.1. The SMILES string of the molecule is O=[N+]([O-])c1conc1-c1ccccc1. The second-order valence-corrected chi connectivity index (χ2v) is 2.67. The molecule has 0 saturated carbocycles. The number of hydrogen-bond acceptors (Lipinski definition) is 4. The first-order chi connectivity index (χ1) is 6.79. The Hall–Kier alpha value is -2.17. The zero-order valence-electron chi connectivity index (χ0n) is 7.08. The van der Waals surface area contributed by atoms with Crippen LogP contribution in [0.5, 0.6) is 0 Å². The Labute approximate surface area is 79.1 Å². The number of aromatic nitrogens is 1. The van der Waals surface area contributed by atoms with Gasteiger partial charge in [-0.2, -0.15) is 0 Å². The summed E-state index contributed by atoms with van der Waals surface area (Å²) in [5, 5.41) is 14.2. The molecule has 1 heterocycles. The number of nitrogens with zero attached hydrogens (tertiary/aromatic N) is 2. The largest absolute Gasteiger partial charge is 0.357 e. The van der Waals surface area contributed by atoms with E-state index >= 15 is 0 Å². The third kappa shape index (κ3) is 1.35. The second-order valence-electron chi connectivity index (χ2n) is 2.67. The summed E-state index contributed by atoms with van der Waals surface area (Å²) in [5.74, 6) is 0. The van der Waals surface area contributed by atoms with Gasteiger partial charge < -0.3 is 4.52 Å². The standard InChI is InChI=1S/C9H6N2O3/c12-11(13)8-6-14-10-9(8)7-4-2-1-3-5-7/h1-6H. The molecule has 0 unspecified atom stereocenters. The molecule has 1 aromatic carbocycles. The summed E-state index contributed by atoms with van der Waals surface area (Å²) in [7, 11) is 0. The van der Waals surface area contributed by atoms with Crippen molar-refractivity contribution in [3.8, 4) is 11.3 Å². The van der Waals surface area contributed by atoms with Crippen molar-refractivity contribution in [3.05, 3.63) is 46.7 Å². The zero-order chi connectivity index (χ0) is 9.97. The molecular weight excluding hydrogens is 184 g/mol. The molecule has 0 fully saturated rings. The highest BCUT2D eigenvalue weighted by Crippen LogP contribution is 2.27. The summed E-state index contributed by atoms with van der Waals surface area (Å²) in [5.41, 5.74) is 0.819. The maximum absolute atomic E-state index is 10.6. The van der Waals surface area contributed by atoms with Gasteiger partial charge in [0.05, 0.1) is 4.92 Å². The molecule has 0 saturated heterocycles. The van der Waals surface area contributed by atoms with E-state index in [-0.39, 0.29) is 11.4 Å². The van der Waals surface area contributed by atoms with Crippen molar-refractivity contribution in [3.63, 3.8) is 0 Å². The highest BCUT2D eigenvalue weighted by atomic mass is 16.6. The van der Waals surface area contributed by atoms with E-state index in [2.05, 4.69) is 9.68 Å². The van der Waals surface area contributed by atoms with E-state index in [1.807, 2.05) is 6.07 Å². The van der Waals surface area contributed by atoms with Crippen LogP contribution < -0.4 is 0 Å². The molecule has 14 heavy (non-hydrogen) atoms. The summed E-state index contributed by atoms with van der Waals surface area (Å²) in [4.78, 5) is 10.0. The van der Waals surface area contributed by atoms with Crippen LogP contribution in [0.3, 0.4) is 0 Å². The van der Waals surface area contributed by atoms with E-state index < -0.39 is 4.92 Å². The van der Waals surface area contributed by atoms with Gasteiger partial charge in [0.15, 0.2) is 5.69 Å². The average molecular weight is 190 g/mol. The van der Waals surface area contributed by atoms with Crippen LogP contribution in [0.4, 0.5) is 5.69 Å². The quantitative estimate of drug-likeness (QED) is 0.537. The molecule has 0 aliphatic heterocycles. The predicted molar refractivity (Wildman–Crippen MR) is 48.6 cm³/mol. The first-order valence-electron chi connectivity index (χ1n) is 3.93. The Morgan fingerprint density at radius 3 is 2.64 bits per heavy atom. The van der Waals surface area contributed by atoms with E-state index in [4.69, 9.17) is 0 Å². The second kappa shape index (κ2) is 3.29.